The molecule has 0 aliphatic rings. The van der Waals surface area contributed by atoms with Gasteiger partial charge in [0.1, 0.15) is 6.33 Å². The number of carbonyl (C=O) groups is 1. The fraction of sp³-hybridized carbons (Fsp3) is 0.500. The second-order valence-corrected chi connectivity index (χ2v) is 4.49. The molecule has 2 heterocycles. The van der Waals surface area contributed by atoms with E-state index in [1.165, 1.54) is 0 Å². The van der Waals surface area contributed by atoms with Gasteiger partial charge in [0, 0.05) is 25.0 Å². The van der Waals surface area contributed by atoms with Gasteiger partial charge in [-0.3, -0.25) is 4.68 Å². The zero-order valence-electron chi connectivity index (χ0n) is 11.7. The van der Waals surface area contributed by atoms with E-state index in [-0.39, 0.29) is 12.1 Å². The van der Waals surface area contributed by atoms with Crippen molar-refractivity contribution in [2.24, 2.45) is 0 Å². The molecule has 0 fully saturated rings. The standard InChI is InChI=1S/C12H19N7O/c1-3-18-9-14-17-11(18)7-13-12(20)16-10(2)8-19-6-4-5-15-19/h4-6,9-10H,3,7-8H2,1-2H3,(H2,13,16,20). The molecule has 8 nitrogen and oxygen atoms in total. The summed E-state index contributed by atoms with van der Waals surface area (Å²) in [6.45, 7) is 5.69. The van der Waals surface area contributed by atoms with E-state index in [2.05, 4.69) is 25.9 Å². The second kappa shape index (κ2) is 6.69. The monoisotopic (exact) mass is 277 g/mol. The third-order valence-electron chi connectivity index (χ3n) is 2.84. The molecule has 0 aliphatic carbocycles. The lowest BCUT2D eigenvalue weighted by atomic mass is 10.3. The van der Waals surface area contributed by atoms with Crippen molar-refractivity contribution in [1.29, 1.82) is 0 Å². The normalized spacial score (nSPS) is 12.1. The predicted molar refractivity (Wildman–Crippen MR) is 72.8 cm³/mol. The minimum absolute atomic E-state index is 0.0149. The van der Waals surface area contributed by atoms with Gasteiger partial charge in [-0.25, -0.2) is 4.79 Å². The Bertz CT molecular complexity index is 534. The fourth-order valence-electron chi connectivity index (χ4n) is 1.85. The van der Waals surface area contributed by atoms with Crippen LogP contribution in [-0.2, 0) is 19.6 Å². The van der Waals surface area contributed by atoms with E-state index < -0.39 is 0 Å². The van der Waals surface area contributed by atoms with Crippen LogP contribution < -0.4 is 10.6 Å². The Morgan fingerprint density at radius 2 is 2.35 bits per heavy atom. The van der Waals surface area contributed by atoms with Gasteiger partial charge >= 0.3 is 6.03 Å². The lowest BCUT2D eigenvalue weighted by Gasteiger charge is -2.14. The largest absolute Gasteiger partial charge is 0.334 e. The summed E-state index contributed by atoms with van der Waals surface area (Å²) in [7, 11) is 0. The number of hydrogen-bond acceptors (Lipinski definition) is 4. The molecule has 0 saturated heterocycles. The van der Waals surface area contributed by atoms with Crippen molar-refractivity contribution in [3.05, 3.63) is 30.6 Å². The first kappa shape index (κ1) is 14.0. The van der Waals surface area contributed by atoms with Crippen molar-refractivity contribution in [3.63, 3.8) is 0 Å². The number of urea groups is 1. The van der Waals surface area contributed by atoms with Crippen LogP contribution in [0, 0.1) is 0 Å². The maximum atomic E-state index is 11.8. The second-order valence-electron chi connectivity index (χ2n) is 4.49. The van der Waals surface area contributed by atoms with E-state index >= 15 is 0 Å². The average molecular weight is 277 g/mol. The molecule has 20 heavy (non-hydrogen) atoms. The predicted octanol–water partition coefficient (Wildman–Crippen LogP) is 0.382. The molecule has 0 radical (unpaired) electrons. The van der Waals surface area contributed by atoms with Gasteiger partial charge in [0.05, 0.1) is 13.1 Å². The summed E-state index contributed by atoms with van der Waals surface area (Å²) in [6.07, 6.45) is 5.22. The van der Waals surface area contributed by atoms with Crippen LogP contribution in [0.15, 0.2) is 24.8 Å². The quantitative estimate of drug-likeness (QED) is 0.799. The number of nitrogens with one attached hydrogen (secondary N) is 2. The summed E-state index contributed by atoms with van der Waals surface area (Å²) in [5.41, 5.74) is 0. The molecule has 108 valence electrons. The Morgan fingerprint density at radius 1 is 1.50 bits per heavy atom. The van der Waals surface area contributed by atoms with E-state index in [1.807, 2.05) is 30.7 Å². The van der Waals surface area contributed by atoms with E-state index in [0.29, 0.717) is 13.1 Å². The molecular weight excluding hydrogens is 258 g/mol. The van der Waals surface area contributed by atoms with Crippen molar-refractivity contribution in [1.82, 2.24) is 35.2 Å². The SMILES string of the molecule is CCn1cnnc1CNC(=O)NC(C)Cn1cccn1. The van der Waals surface area contributed by atoms with E-state index in [0.717, 1.165) is 12.4 Å². The number of aryl methyl sites for hydroxylation is 1. The van der Waals surface area contributed by atoms with Crippen LogP contribution in [-0.4, -0.2) is 36.6 Å². The van der Waals surface area contributed by atoms with Gasteiger partial charge in [0.25, 0.3) is 0 Å². The Balaban J connectivity index is 1.75. The Kier molecular flexibility index (Phi) is 4.70. The van der Waals surface area contributed by atoms with Gasteiger partial charge in [0.15, 0.2) is 5.82 Å². The Morgan fingerprint density at radius 3 is 3.05 bits per heavy atom. The lowest BCUT2D eigenvalue weighted by Crippen LogP contribution is -2.42. The van der Waals surface area contributed by atoms with Crippen molar-refractivity contribution in [2.45, 2.75) is 39.5 Å². The first-order valence-electron chi connectivity index (χ1n) is 6.57. The summed E-state index contributed by atoms with van der Waals surface area (Å²) in [6, 6.07) is 1.61. The highest BCUT2D eigenvalue weighted by Gasteiger charge is 2.09. The molecule has 0 aliphatic heterocycles. The summed E-state index contributed by atoms with van der Waals surface area (Å²) >= 11 is 0. The molecule has 1 atom stereocenters. The van der Waals surface area contributed by atoms with Crippen LogP contribution in [0.3, 0.4) is 0 Å². The number of rotatable bonds is 6. The molecule has 0 aromatic carbocycles. The highest BCUT2D eigenvalue weighted by atomic mass is 16.2. The van der Waals surface area contributed by atoms with E-state index in [1.54, 1.807) is 17.2 Å². The smallest absolute Gasteiger partial charge is 0.315 e. The van der Waals surface area contributed by atoms with E-state index in [4.69, 9.17) is 0 Å². The van der Waals surface area contributed by atoms with Crippen LogP contribution in [0.4, 0.5) is 4.79 Å². The van der Waals surface area contributed by atoms with Gasteiger partial charge < -0.3 is 15.2 Å². The average Bonchev–Trinajstić information content (AvgIpc) is 3.06. The molecule has 2 aromatic rings. The zero-order chi connectivity index (χ0) is 14.4. The maximum absolute atomic E-state index is 11.8. The third-order valence-corrected chi connectivity index (χ3v) is 2.84. The summed E-state index contributed by atoms with van der Waals surface area (Å²) in [5.74, 6) is 0.738. The van der Waals surface area contributed by atoms with Crippen LogP contribution in [0.25, 0.3) is 0 Å². The number of hydrogen-bond donors (Lipinski definition) is 2. The van der Waals surface area contributed by atoms with Gasteiger partial charge in [-0.1, -0.05) is 0 Å². The minimum atomic E-state index is -0.227. The number of aromatic nitrogens is 5. The van der Waals surface area contributed by atoms with E-state index in [9.17, 15) is 4.79 Å². The number of nitrogens with zero attached hydrogens (tertiary/aromatic N) is 5. The molecule has 2 N–H and O–H groups in total. The Hall–Kier alpha value is -2.38. The molecule has 2 aromatic heterocycles. The third kappa shape index (κ3) is 3.81. The van der Waals surface area contributed by atoms with Gasteiger partial charge in [0.2, 0.25) is 0 Å². The highest BCUT2D eigenvalue weighted by molar-refractivity contribution is 5.74. The van der Waals surface area contributed by atoms with Crippen LogP contribution in [0.2, 0.25) is 0 Å². The summed E-state index contributed by atoms with van der Waals surface area (Å²) in [4.78, 5) is 11.8. The molecule has 2 amide bonds. The first-order chi connectivity index (χ1) is 9.69. The maximum Gasteiger partial charge on any atom is 0.315 e. The van der Waals surface area contributed by atoms with Crippen molar-refractivity contribution < 1.29 is 4.79 Å². The highest BCUT2D eigenvalue weighted by Crippen LogP contribution is 1.94. The molecule has 0 saturated carbocycles. The first-order valence-corrected chi connectivity index (χ1v) is 6.57. The molecule has 1 unspecified atom stereocenters. The van der Waals surface area contributed by atoms with Gasteiger partial charge in [-0.15, -0.1) is 10.2 Å². The zero-order valence-corrected chi connectivity index (χ0v) is 11.7. The molecule has 0 bridgehead atoms. The Labute approximate surface area is 117 Å². The van der Waals surface area contributed by atoms with Gasteiger partial charge in [-0.2, -0.15) is 5.10 Å². The van der Waals surface area contributed by atoms with Crippen molar-refractivity contribution >= 4 is 6.03 Å². The van der Waals surface area contributed by atoms with Crippen LogP contribution in [0.1, 0.15) is 19.7 Å². The minimum Gasteiger partial charge on any atom is -0.334 e. The molecular formula is C12H19N7O. The number of carbonyl (C=O) groups excluding carboxylic acids is 1. The summed E-state index contributed by atoms with van der Waals surface area (Å²) in [5, 5.41) is 17.5. The molecule has 0 spiro atoms. The fourth-order valence-corrected chi connectivity index (χ4v) is 1.85. The van der Waals surface area contributed by atoms with Crippen LogP contribution in [0.5, 0.6) is 0 Å². The molecule has 8 heteroatoms. The number of amides is 2. The van der Waals surface area contributed by atoms with Gasteiger partial charge in [-0.05, 0) is 19.9 Å². The molecule has 2 rings (SSSR count). The topological polar surface area (TPSA) is 89.7 Å². The van der Waals surface area contributed by atoms with Crippen molar-refractivity contribution in [2.75, 3.05) is 0 Å². The van der Waals surface area contributed by atoms with Crippen LogP contribution >= 0.6 is 0 Å². The lowest BCUT2D eigenvalue weighted by molar-refractivity contribution is 0.235. The summed E-state index contributed by atoms with van der Waals surface area (Å²) < 4.78 is 3.66. The van der Waals surface area contributed by atoms with Crippen molar-refractivity contribution in [3.8, 4) is 0 Å².